The van der Waals surface area contributed by atoms with Crippen LogP contribution in [0.1, 0.15) is 28.8 Å². The summed E-state index contributed by atoms with van der Waals surface area (Å²) in [6.07, 6.45) is 1.58. The van der Waals surface area contributed by atoms with E-state index in [1.165, 1.54) is 12.1 Å². The minimum atomic E-state index is -0.479. The summed E-state index contributed by atoms with van der Waals surface area (Å²) in [4.78, 5) is 26.0. The van der Waals surface area contributed by atoms with Crippen LogP contribution in [0.5, 0.6) is 0 Å². The molecule has 5 nitrogen and oxygen atoms in total. The van der Waals surface area contributed by atoms with Crippen molar-refractivity contribution < 1.29 is 14.0 Å². The zero-order valence-corrected chi connectivity index (χ0v) is 11.9. The number of carbonyl (C=O) groups excluding carboxylic acids is 2. The number of amides is 2. The Hall–Kier alpha value is -2.11. The van der Waals surface area contributed by atoms with E-state index in [1.807, 2.05) is 0 Å². The quantitative estimate of drug-likeness (QED) is 0.760. The number of nitrogens with two attached hydrogens (primary N) is 1. The molecule has 2 heterocycles. The molecule has 0 aromatic heterocycles. The predicted molar refractivity (Wildman–Crippen MR) is 76.1 cm³/mol. The molecule has 112 valence electrons. The summed E-state index contributed by atoms with van der Waals surface area (Å²) in [5, 5.41) is 2.80. The number of nitrogen functional groups attached to an aromatic ring is 1. The molecule has 1 aromatic rings. The van der Waals surface area contributed by atoms with Gasteiger partial charge in [0.25, 0.3) is 5.91 Å². The number of fused-ring (bicyclic) bond motifs is 1. The molecule has 6 heteroatoms. The molecule has 2 aliphatic rings. The Bertz CT molecular complexity index is 594. The zero-order chi connectivity index (χ0) is 15.1. The number of rotatable bonds is 1. The maximum atomic E-state index is 13.8. The fourth-order valence-corrected chi connectivity index (χ4v) is 3.19. The highest BCUT2D eigenvalue weighted by molar-refractivity contribution is 5.96. The molecule has 0 radical (unpaired) electrons. The summed E-state index contributed by atoms with van der Waals surface area (Å²) in [6.45, 7) is 2.64. The molecule has 2 fully saturated rings. The number of carbonyl (C=O) groups is 2. The lowest BCUT2D eigenvalue weighted by atomic mass is 9.91. The molecule has 2 atom stereocenters. The molecular weight excluding hydrogens is 273 g/mol. The van der Waals surface area contributed by atoms with E-state index < -0.39 is 5.82 Å². The van der Waals surface area contributed by atoms with Gasteiger partial charge in [-0.05, 0) is 31.9 Å². The normalized spacial score (nSPS) is 24.7. The molecule has 3 rings (SSSR count). The third-order valence-corrected chi connectivity index (χ3v) is 4.49. The molecule has 0 saturated carbocycles. The van der Waals surface area contributed by atoms with Crippen LogP contribution in [0.2, 0.25) is 0 Å². The van der Waals surface area contributed by atoms with Gasteiger partial charge in [0.1, 0.15) is 5.82 Å². The van der Waals surface area contributed by atoms with Crippen molar-refractivity contribution in [3.63, 3.8) is 0 Å². The van der Waals surface area contributed by atoms with Crippen LogP contribution in [0.15, 0.2) is 12.1 Å². The van der Waals surface area contributed by atoms with E-state index in [9.17, 15) is 14.0 Å². The van der Waals surface area contributed by atoms with Crippen molar-refractivity contribution in [2.45, 2.75) is 25.8 Å². The SMILES string of the molecule is Cc1c(N)cc(C(=O)N2CCCC3C(=O)NCC32)cc1F. The Morgan fingerprint density at radius 1 is 1.48 bits per heavy atom. The first kappa shape index (κ1) is 13.9. The molecule has 0 bridgehead atoms. The second kappa shape index (κ2) is 5.02. The largest absolute Gasteiger partial charge is 0.398 e. The minimum Gasteiger partial charge on any atom is -0.398 e. The van der Waals surface area contributed by atoms with Crippen molar-refractivity contribution in [3.8, 4) is 0 Å². The van der Waals surface area contributed by atoms with Crippen LogP contribution < -0.4 is 11.1 Å². The second-order valence-corrected chi connectivity index (χ2v) is 5.73. The molecule has 2 amide bonds. The van der Waals surface area contributed by atoms with Crippen LogP contribution >= 0.6 is 0 Å². The molecule has 0 spiro atoms. The van der Waals surface area contributed by atoms with Crippen molar-refractivity contribution in [1.29, 1.82) is 0 Å². The average Bonchev–Trinajstić information content (AvgIpc) is 2.85. The van der Waals surface area contributed by atoms with E-state index in [-0.39, 0.29) is 35.0 Å². The Balaban J connectivity index is 1.90. The van der Waals surface area contributed by atoms with Gasteiger partial charge in [-0.25, -0.2) is 4.39 Å². The predicted octanol–water partition coefficient (Wildman–Crippen LogP) is 1.07. The first-order valence-electron chi connectivity index (χ1n) is 7.13. The highest BCUT2D eigenvalue weighted by atomic mass is 19.1. The summed E-state index contributed by atoms with van der Waals surface area (Å²) in [5.41, 5.74) is 6.61. The Morgan fingerprint density at radius 2 is 2.24 bits per heavy atom. The molecule has 21 heavy (non-hydrogen) atoms. The minimum absolute atomic E-state index is 0.00657. The molecule has 3 N–H and O–H groups in total. The van der Waals surface area contributed by atoms with Gasteiger partial charge in [-0.1, -0.05) is 0 Å². The maximum absolute atomic E-state index is 13.8. The fourth-order valence-electron chi connectivity index (χ4n) is 3.19. The zero-order valence-electron chi connectivity index (χ0n) is 11.9. The number of benzene rings is 1. The van der Waals surface area contributed by atoms with E-state index in [4.69, 9.17) is 5.73 Å². The van der Waals surface area contributed by atoms with E-state index in [1.54, 1.807) is 11.8 Å². The number of nitrogens with zero attached hydrogens (tertiary/aromatic N) is 1. The Labute approximate surface area is 122 Å². The lowest BCUT2D eigenvalue weighted by Crippen LogP contribution is -2.48. The van der Waals surface area contributed by atoms with Crippen molar-refractivity contribution in [2.75, 3.05) is 18.8 Å². The fraction of sp³-hybridized carbons (Fsp3) is 0.467. The number of anilines is 1. The monoisotopic (exact) mass is 291 g/mol. The summed E-state index contributed by atoms with van der Waals surface area (Å²) in [7, 11) is 0. The van der Waals surface area contributed by atoms with E-state index in [2.05, 4.69) is 5.32 Å². The summed E-state index contributed by atoms with van der Waals surface area (Å²) < 4.78 is 13.8. The molecular formula is C15H18FN3O2. The summed E-state index contributed by atoms with van der Waals surface area (Å²) >= 11 is 0. The third kappa shape index (κ3) is 2.24. The number of nitrogens with one attached hydrogen (secondary N) is 1. The third-order valence-electron chi connectivity index (χ3n) is 4.49. The van der Waals surface area contributed by atoms with Gasteiger partial charge in [0.15, 0.2) is 0 Å². The van der Waals surface area contributed by atoms with Gasteiger partial charge < -0.3 is 16.0 Å². The first-order chi connectivity index (χ1) is 9.99. The molecule has 2 aliphatic heterocycles. The van der Waals surface area contributed by atoms with Crippen molar-refractivity contribution in [1.82, 2.24) is 10.2 Å². The summed E-state index contributed by atoms with van der Waals surface area (Å²) in [5.74, 6) is -0.873. The van der Waals surface area contributed by atoms with Gasteiger partial charge in [-0.3, -0.25) is 9.59 Å². The molecule has 1 aromatic carbocycles. The van der Waals surface area contributed by atoms with Crippen LogP contribution in [0.4, 0.5) is 10.1 Å². The van der Waals surface area contributed by atoms with Crippen LogP contribution in [0.3, 0.4) is 0 Å². The molecule has 2 unspecified atom stereocenters. The van der Waals surface area contributed by atoms with Gasteiger partial charge in [0, 0.05) is 29.9 Å². The van der Waals surface area contributed by atoms with Crippen LogP contribution in [0.25, 0.3) is 0 Å². The van der Waals surface area contributed by atoms with Gasteiger partial charge in [0.2, 0.25) is 5.91 Å². The van der Waals surface area contributed by atoms with Crippen LogP contribution in [-0.4, -0.2) is 35.8 Å². The van der Waals surface area contributed by atoms with Crippen LogP contribution in [0, 0.1) is 18.7 Å². The number of hydrogen-bond acceptors (Lipinski definition) is 3. The van der Waals surface area contributed by atoms with Crippen LogP contribution in [-0.2, 0) is 4.79 Å². The lowest BCUT2D eigenvalue weighted by molar-refractivity contribution is -0.123. The van der Waals surface area contributed by atoms with Gasteiger partial charge >= 0.3 is 0 Å². The first-order valence-corrected chi connectivity index (χ1v) is 7.13. The van der Waals surface area contributed by atoms with E-state index in [0.717, 1.165) is 12.8 Å². The van der Waals surface area contributed by atoms with Crippen molar-refractivity contribution >= 4 is 17.5 Å². The Morgan fingerprint density at radius 3 is 2.95 bits per heavy atom. The highest BCUT2D eigenvalue weighted by Gasteiger charge is 2.42. The average molecular weight is 291 g/mol. The number of hydrogen-bond donors (Lipinski definition) is 2. The smallest absolute Gasteiger partial charge is 0.254 e. The van der Waals surface area contributed by atoms with E-state index in [0.29, 0.717) is 18.7 Å². The summed E-state index contributed by atoms with van der Waals surface area (Å²) in [6, 6.07) is 2.60. The van der Waals surface area contributed by atoms with Crippen molar-refractivity contribution in [2.24, 2.45) is 5.92 Å². The number of halogens is 1. The highest BCUT2D eigenvalue weighted by Crippen LogP contribution is 2.29. The van der Waals surface area contributed by atoms with E-state index >= 15 is 0 Å². The topological polar surface area (TPSA) is 75.4 Å². The Kier molecular flexibility index (Phi) is 3.31. The molecule has 2 saturated heterocycles. The maximum Gasteiger partial charge on any atom is 0.254 e. The van der Waals surface area contributed by atoms with Gasteiger partial charge in [-0.2, -0.15) is 0 Å². The lowest BCUT2D eigenvalue weighted by Gasteiger charge is -2.36. The number of likely N-dealkylation sites (tertiary alicyclic amines) is 1. The standard InChI is InChI=1S/C15H18FN3O2/c1-8-11(16)5-9(6-12(8)17)15(21)19-4-2-3-10-13(19)7-18-14(10)20/h5-6,10,13H,2-4,7,17H2,1H3,(H,18,20). The van der Waals surface area contributed by atoms with Crippen molar-refractivity contribution in [3.05, 3.63) is 29.1 Å². The van der Waals surface area contributed by atoms with Gasteiger partial charge in [0.05, 0.1) is 12.0 Å². The molecule has 0 aliphatic carbocycles. The van der Waals surface area contributed by atoms with Gasteiger partial charge in [-0.15, -0.1) is 0 Å². The second-order valence-electron chi connectivity index (χ2n) is 5.73. The number of piperidine rings is 1.